The molecular weight excluding hydrogens is 570 g/mol. The molecule has 1 aromatic rings. The monoisotopic (exact) mass is 617 g/mol. The Morgan fingerprint density at radius 2 is 1.73 bits per heavy atom. The van der Waals surface area contributed by atoms with Crippen molar-refractivity contribution >= 4 is 21.9 Å². The van der Waals surface area contributed by atoms with Gasteiger partial charge in [0.15, 0.2) is 0 Å². The van der Waals surface area contributed by atoms with Gasteiger partial charge in [0, 0.05) is 18.9 Å². The fourth-order valence-corrected chi connectivity index (χ4v) is 11.2. The SMILES string of the molecule is CC(C)CCCC(C)C1CCC2C1(C)CCC1C23C=CC2(CC(OC(=O)CBr)CCC12C)n1c(=O)n(C)c(=O)n13. The van der Waals surface area contributed by atoms with Crippen molar-refractivity contribution in [2.24, 2.45) is 47.5 Å². The summed E-state index contributed by atoms with van der Waals surface area (Å²) in [5, 5.41) is 0.155. The van der Waals surface area contributed by atoms with Gasteiger partial charge in [-0.05, 0) is 73.5 Å². The maximum Gasteiger partial charge on any atom is 0.347 e. The van der Waals surface area contributed by atoms with E-state index in [1.165, 1.54) is 36.7 Å². The average molecular weight is 619 g/mol. The highest BCUT2D eigenvalue weighted by Gasteiger charge is 2.75. The lowest BCUT2D eigenvalue weighted by atomic mass is 9.40. The van der Waals surface area contributed by atoms with Gasteiger partial charge in [-0.2, -0.15) is 0 Å². The molecule has 3 saturated carbocycles. The molecule has 2 aliphatic heterocycles. The lowest BCUT2D eigenvalue weighted by Crippen LogP contribution is -2.76. The van der Waals surface area contributed by atoms with Gasteiger partial charge in [-0.3, -0.25) is 4.79 Å². The molecule has 1 aromatic heterocycles. The quantitative estimate of drug-likeness (QED) is 0.223. The lowest BCUT2D eigenvalue weighted by molar-refractivity contribution is -0.204. The largest absolute Gasteiger partial charge is 0.462 e. The molecule has 4 aliphatic carbocycles. The van der Waals surface area contributed by atoms with Crippen molar-refractivity contribution in [3.05, 3.63) is 33.1 Å². The van der Waals surface area contributed by atoms with Gasteiger partial charge in [0.25, 0.3) is 0 Å². The van der Waals surface area contributed by atoms with Gasteiger partial charge >= 0.3 is 17.3 Å². The van der Waals surface area contributed by atoms with Crippen LogP contribution < -0.4 is 11.4 Å². The zero-order chi connectivity index (χ0) is 28.8. The van der Waals surface area contributed by atoms with Crippen LogP contribution in [-0.4, -0.2) is 31.3 Å². The zero-order valence-electron chi connectivity index (χ0n) is 25.2. The van der Waals surface area contributed by atoms with Crippen LogP contribution in [0.4, 0.5) is 0 Å². The summed E-state index contributed by atoms with van der Waals surface area (Å²) >= 11 is 3.23. The number of fused-ring (bicyclic) bond motifs is 1. The van der Waals surface area contributed by atoms with E-state index in [0.717, 1.165) is 31.6 Å². The summed E-state index contributed by atoms with van der Waals surface area (Å²) in [4.78, 5) is 40.2. The zero-order valence-corrected chi connectivity index (χ0v) is 26.8. The number of allylic oxidation sites excluding steroid dienone is 2. The van der Waals surface area contributed by atoms with Crippen LogP contribution in [0.2, 0.25) is 0 Å². The summed E-state index contributed by atoms with van der Waals surface area (Å²) in [6.45, 7) is 12.0. The minimum Gasteiger partial charge on any atom is -0.462 e. The normalized spacial score (nSPS) is 41.8. The van der Waals surface area contributed by atoms with E-state index in [9.17, 15) is 14.4 Å². The van der Waals surface area contributed by atoms with E-state index in [2.05, 4.69) is 62.7 Å². The van der Waals surface area contributed by atoms with Crippen LogP contribution in [0.25, 0.3) is 0 Å². The summed E-state index contributed by atoms with van der Waals surface area (Å²) in [5.74, 6) is 2.34. The molecule has 8 heteroatoms. The number of hydrogen-bond donors (Lipinski definition) is 0. The smallest absolute Gasteiger partial charge is 0.347 e. The number of carbonyl (C=O) groups excluding carboxylic acids is 1. The van der Waals surface area contributed by atoms with E-state index in [0.29, 0.717) is 24.2 Å². The second kappa shape index (κ2) is 9.47. The summed E-state index contributed by atoms with van der Waals surface area (Å²) < 4.78 is 10.9. The molecule has 7 nitrogen and oxygen atoms in total. The molecule has 7 rings (SSSR count). The number of alkyl halides is 1. The maximum absolute atomic E-state index is 14.0. The number of carbonyl (C=O) groups is 1. The van der Waals surface area contributed by atoms with Gasteiger partial charge < -0.3 is 4.74 Å². The molecule has 3 fully saturated rings. The summed E-state index contributed by atoms with van der Waals surface area (Å²) in [6.07, 6.45) is 14.9. The first-order valence-electron chi connectivity index (χ1n) is 15.7. The molecule has 0 aromatic carbocycles. The molecule has 9 atom stereocenters. The topological polar surface area (TPSA) is 75.2 Å². The van der Waals surface area contributed by atoms with E-state index in [4.69, 9.17) is 4.74 Å². The maximum atomic E-state index is 14.0. The highest BCUT2D eigenvalue weighted by atomic mass is 79.9. The Hall–Kier alpha value is -1.57. The first kappa shape index (κ1) is 28.5. The molecule has 2 bridgehead atoms. The third kappa shape index (κ3) is 3.49. The number of halogens is 1. The average Bonchev–Trinajstić information content (AvgIpc) is 3.39. The fraction of sp³-hybridized carbons (Fsp3) is 0.844. The highest BCUT2D eigenvalue weighted by molar-refractivity contribution is 9.09. The number of ether oxygens (including phenoxy) is 1. The second-order valence-electron chi connectivity index (χ2n) is 14.9. The third-order valence-corrected chi connectivity index (χ3v) is 13.3. The molecule has 6 aliphatic rings. The van der Waals surface area contributed by atoms with Gasteiger partial charge in [-0.1, -0.05) is 82.0 Å². The summed E-state index contributed by atoms with van der Waals surface area (Å²) in [6, 6.07) is 0. The number of nitrogens with zero attached hydrogens (tertiary/aromatic N) is 3. The number of rotatable bonds is 7. The van der Waals surface area contributed by atoms with Crippen LogP contribution in [0.5, 0.6) is 0 Å². The van der Waals surface area contributed by atoms with Gasteiger partial charge in [-0.25, -0.2) is 23.5 Å². The Kier molecular flexibility index (Phi) is 6.76. The van der Waals surface area contributed by atoms with Crippen LogP contribution >= 0.6 is 15.9 Å². The Morgan fingerprint density at radius 1 is 1.00 bits per heavy atom. The Labute approximate surface area is 246 Å². The van der Waals surface area contributed by atoms with Crippen molar-refractivity contribution in [1.29, 1.82) is 0 Å². The molecule has 0 amide bonds. The Morgan fingerprint density at radius 3 is 2.42 bits per heavy atom. The van der Waals surface area contributed by atoms with Gasteiger partial charge in [-0.15, -0.1) is 0 Å². The summed E-state index contributed by atoms with van der Waals surface area (Å²) in [5.41, 5.74) is -1.67. The summed E-state index contributed by atoms with van der Waals surface area (Å²) in [7, 11) is 1.63. The standard InChI is InChI=1S/C32H48BrN3O4/c1-20(2)8-7-9-21(3)23-10-11-24-29(23,4)14-13-25-30(5)15-12-22(40-26(37)19-33)18-31(30)16-17-32(24,25)36-28(39)34(6)27(38)35(31)36/h16-17,20-25H,7-15,18-19H2,1-6H3. The minimum absolute atomic E-state index is 0.130. The van der Waals surface area contributed by atoms with Crippen LogP contribution in [0, 0.1) is 40.4 Å². The minimum atomic E-state index is -0.678. The van der Waals surface area contributed by atoms with Crippen molar-refractivity contribution in [2.75, 3.05) is 5.33 Å². The van der Waals surface area contributed by atoms with E-state index in [1.54, 1.807) is 7.05 Å². The van der Waals surface area contributed by atoms with Crippen molar-refractivity contribution in [3.8, 4) is 0 Å². The van der Waals surface area contributed by atoms with Crippen LogP contribution in [0.1, 0.15) is 98.8 Å². The number of esters is 1. The Bertz CT molecular complexity index is 1340. The van der Waals surface area contributed by atoms with Crippen LogP contribution in [-0.2, 0) is 27.7 Å². The second-order valence-corrected chi connectivity index (χ2v) is 15.5. The van der Waals surface area contributed by atoms with Gasteiger partial charge in [0.05, 0.1) is 11.1 Å². The van der Waals surface area contributed by atoms with Crippen molar-refractivity contribution in [2.45, 2.75) is 116 Å². The van der Waals surface area contributed by atoms with Crippen molar-refractivity contribution in [3.63, 3.8) is 0 Å². The molecular formula is C32H48BrN3O4. The molecule has 0 saturated heterocycles. The van der Waals surface area contributed by atoms with Gasteiger partial charge in [0.2, 0.25) is 0 Å². The molecule has 0 N–H and O–H groups in total. The molecule has 9 unspecified atom stereocenters. The molecule has 2 spiro atoms. The highest BCUT2D eigenvalue weighted by Crippen LogP contribution is 2.74. The van der Waals surface area contributed by atoms with E-state index in [1.807, 2.05) is 9.36 Å². The Balaban J connectivity index is 1.46. The van der Waals surface area contributed by atoms with E-state index >= 15 is 0 Å². The van der Waals surface area contributed by atoms with Crippen LogP contribution in [0.15, 0.2) is 21.7 Å². The van der Waals surface area contributed by atoms with Crippen LogP contribution in [0.3, 0.4) is 0 Å². The van der Waals surface area contributed by atoms with Crippen molar-refractivity contribution in [1.82, 2.24) is 13.9 Å². The first-order valence-corrected chi connectivity index (χ1v) is 16.9. The predicted octanol–water partition coefficient (Wildman–Crippen LogP) is 5.72. The molecule has 40 heavy (non-hydrogen) atoms. The molecule has 0 radical (unpaired) electrons. The predicted molar refractivity (Wildman–Crippen MR) is 160 cm³/mol. The van der Waals surface area contributed by atoms with Crippen molar-refractivity contribution < 1.29 is 9.53 Å². The molecule has 222 valence electrons. The van der Waals surface area contributed by atoms with Gasteiger partial charge in [0.1, 0.15) is 11.4 Å². The fourth-order valence-electron chi connectivity index (χ4n) is 11.0. The molecule has 3 heterocycles. The first-order chi connectivity index (χ1) is 18.9. The van der Waals surface area contributed by atoms with E-state index < -0.39 is 11.1 Å². The number of hydrogen-bond acceptors (Lipinski definition) is 4. The lowest BCUT2D eigenvalue weighted by Gasteiger charge is -2.71. The number of aromatic nitrogens is 3. The van der Waals surface area contributed by atoms with E-state index in [-0.39, 0.29) is 45.5 Å². The third-order valence-electron chi connectivity index (χ3n) is 12.8.